The number of ether oxygens (including phenoxy) is 2. The van der Waals surface area contributed by atoms with Gasteiger partial charge in [-0.05, 0) is 70.6 Å². The average molecular weight is 405 g/mol. The van der Waals surface area contributed by atoms with Crippen LogP contribution in [0.2, 0.25) is 0 Å². The summed E-state index contributed by atoms with van der Waals surface area (Å²) in [5, 5.41) is 0. The minimum absolute atomic E-state index is 0.134. The smallest absolute Gasteiger partial charge is 0.410 e. The largest absolute Gasteiger partial charge is 0.493 e. The van der Waals surface area contributed by atoms with E-state index in [0.717, 1.165) is 37.2 Å². The normalized spacial score (nSPS) is 15.2. The van der Waals surface area contributed by atoms with E-state index in [1.165, 1.54) is 5.56 Å². The summed E-state index contributed by atoms with van der Waals surface area (Å²) in [6, 6.07) is 5.97. The Morgan fingerprint density at radius 2 is 1.83 bits per heavy atom. The van der Waals surface area contributed by atoms with Gasteiger partial charge in [0.05, 0.1) is 13.0 Å². The SMILES string of the molecule is Cc1cccc(OCCC(=O)N2CCC(CN(C)C(=O)OC(C)(C)C)CC2)c1C. The number of benzene rings is 1. The molecular formula is C23H36N2O4. The van der Waals surface area contributed by atoms with Gasteiger partial charge in [0.25, 0.3) is 0 Å². The number of aryl methyl sites for hydroxylation is 1. The molecule has 6 nitrogen and oxygen atoms in total. The Kier molecular flexibility index (Phi) is 7.94. The summed E-state index contributed by atoms with van der Waals surface area (Å²) in [6.07, 6.45) is 1.89. The van der Waals surface area contributed by atoms with Gasteiger partial charge in [-0.15, -0.1) is 0 Å². The number of piperidine rings is 1. The molecule has 0 N–H and O–H groups in total. The third kappa shape index (κ3) is 7.26. The van der Waals surface area contributed by atoms with E-state index in [1.807, 2.05) is 44.7 Å². The highest BCUT2D eigenvalue weighted by molar-refractivity contribution is 5.76. The zero-order chi connectivity index (χ0) is 21.6. The average Bonchev–Trinajstić information content (AvgIpc) is 2.64. The molecule has 0 aromatic heterocycles. The van der Waals surface area contributed by atoms with Crippen LogP contribution >= 0.6 is 0 Å². The van der Waals surface area contributed by atoms with Gasteiger partial charge in [0.2, 0.25) is 5.91 Å². The summed E-state index contributed by atoms with van der Waals surface area (Å²) in [6.45, 7) is 12.2. The molecule has 0 aliphatic carbocycles. The summed E-state index contributed by atoms with van der Waals surface area (Å²) in [4.78, 5) is 28.2. The number of amides is 2. The van der Waals surface area contributed by atoms with Crippen molar-refractivity contribution in [3.05, 3.63) is 29.3 Å². The summed E-state index contributed by atoms with van der Waals surface area (Å²) >= 11 is 0. The third-order valence-electron chi connectivity index (χ3n) is 5.33. The molecule has 1 aromatic carbocycles. The molecule has 0 radical (unpaired) electrons. The fourth-order valence-electron chi connectivity index (χ4n) is 3.45. The second-order valence-electron chi connectivity index (χ2n) is 8.98. The van der Waals surface area contributed by atoms with E-state index in [4.69, 9.17) is 9.47 Å². The number of hydrogen-bond acceptors (Lipinski definition) is 4. The van der Waals surface area contributed by atoms with Crippen LogP contribution < -0.4 is 4.74 Å². The molecule has 0 spiro atoms. The van der Waals surface area contributed by atoms with Crippen LogP contribution in [0.25, 0.3) is 0 Å². The van der Waals surface area contributed by atoms with Crippen LogP contribution in [0.1, 0.15) is 51.2 Å². The first-order chi connectivity index (χ1) is 13.6. The van der Waals surface area contributed by atoms with Crippen molar-refractivity contribution < 1.29 is 19.1 Å². The molecule has 2 rings (SSSR count). The number of hydrogen-bond donors (Lipinski definition) is 0. The quantitative estimate of drug-likeness (QED) is 0.714. The molecule has 1 fully saturated rings. The Morgan fingerprint density at radius 3 is 2.45 bits per heavy atom. The molecular weight excluding hydrogens is 368 g/mol. The fourth-order valence-corrected chi connectivity index (χ4v) is 3.45. The lowest BCUT2D eigenvalue weighted by molar-refractivity contribution is -0.133. The maximum absolute atomic E-state index is 12.5. The predicted molar refractivity (Wildman–Crippen MR) is 114 cm³/mol. The Balaban J connectivity index is 1.71. The van der Waals surface area contributed by atoms with Gasteiger partial charge >= 0.3 is 6.09 Å². The number of carbonyl (C=O) groups excluding carboxylic acids is 2. The van der Waals surface area contributed by atoms with E-state index >= 15 is 0 Å². The van der Waals surface area contributed by atoms with Crippen molar-refractivity contribution in [3.63, 3.8) is 0 Å². The first kappa shape index (κ1) is 23.0. The lowest BCUT2D eigenvalue weighted by Crippen LogP contribution is -2.43. The number of rotatable bonds is 6. The van der Waals surface area contributed by atoms with E-state index in [1.54, 1.807) is 11.9 Å². The zero-order valence-electron chi connectivity index (χ0n) is 18.8. The van der Waals surface area contributed by atoms with Crippen molar-refractivity contribution in [3.8, 4) is 5.75 Å². The summed E-state index contributed by atoms with van der Waals surface area (Å²) in [5.74, 6) is 1.37. The van der Waals surface area contributed by atoms with E-state index in [9.17, 15) is 9.59 Å². The minimum atomic E-state index is -0.486. The molecule has 0 atom stereocenters. The standard InChI is InChI=1S/C23H36N2O4/c1-17-8-7-9-20(18(17)2)28-15-12-21(26)25-13-10-19(11-14-25)16-24(6)22(27)29-23(3,4)5/h7-9,19H,10-16H2,1-6H3. The predicted octanol–water partition coefficient (Wildman–Crippen LogP) is 4.18. The van der Waals surface area contributed by atoms with Gasteiger partial charge in [-0.2, -0.15) is 0 Å². The molecule has 1 aromatic rings. The lowest BCUT2D eigenvalue weighted by Gasteiger charge is -2.34. The van der Waals surface area contributed by atoms with Gasteiger partial charge in [-0.25, -0.2) is 4.79 Å². The van der Waals surface area contributed by atoms with Crippen LogP contribution in [0, 0.1) is 19.8 Å². The third-order valence-corrected chi connectivity index (χ3v) is 5.33. The van der Waals surface area contributed by atoms with Gasteiger partial charge in [0, 0.05) is 26.7 Å². The monoisotopic (exact) mass is 404 g/mol. The Bertz CT molecular complexity index is 703. The molecule has 162 valence electrons. The highest BCUT2D eigenvalue weighted by Crippen LogP contribution is 2.22. The second-order valence-corrected chi connectivity index (χ2v) is 8.98. The van der Waals surface area contributed by atoms with Crippen molar-refractivity contribution in [2.75, 3.05) is 33.3 Å². The van der Waals surface area contributed by atoms with Crippen LogP contribution in [-0.2, 0) is 9.53 Å². The van der Waals surface area contributed by atoms with E-state index in [0.29, 0.717) is 25.5 Å². The maximum Gasteiger partial charge on any atom is 0.410 e. The molecule has 1 saturated heterocycles. The van der Waals surface area contributed by atoms with Crippen molar-refractivity contribution in [1.29, 1.82) is 0 Å². The van der Waals surface area contributed by atoms with Crippen molar-refractivity contribution in [2.45, 2.75) is 59.5 Å². The Morgan fingerprint density at radius 1 is 1.17 bits per heavy atom. The van der Waals surface area contributed by atoms with E-state index in [2.05, 4.69) is 13.0 Å². The zero-order valence-corrected chi connectivity index (χ0v) is 18.8. The number of nitrogens with zero attached hydrogens (tertiary/aromatic N) is 2. The molecule has 1 aliphatic rings. The lowest BCUT2D eigenvalue weighted by atomic mass is 9.96. The summed E-state index contributed by atoms with van der Waals surface area (Å²) < 4.78 is 11.2. The van der Waals surface area contributed by atoms with E-state index in [-0.39, 0.29) is 12.0 Å². The van der Waals surface area contributed by atoms with Gasteiger partial charge in [-0.3, -0.25) is 4.79 Å². The summed E-state index contributed by atoms with van der Waals surface area (Å²) in [5.41, 5.74) is 1.82. The van der Waals surface area contributed by atoms with E-state index < -0.39 is 5.60 Å². The van der Waals surface area contributed by atoms with Gasteiger partial charge in [0.15, 0.2) is 0 Å². The molecule has 0 bridgehead atoms. The highest BCUT2D eigenvalue weighted by Gasteiger charge is 2.26. The second kappa shape index (κ2) is 9.99. The van der Waals surface area contributed by atoms with Crippen LogP contribution in [0.5, 0.6) is 5.75 Å². The van der Waals surface area contributed by atoms with Crippen molar-refractivity contribution in [2.24, 2.45) is 5.92 Å². The molecule has 1 aliphatic heterocycles. The van der Waals surface area contributed by atoms with Gasteiger partial charge in [-0.1, -0.05) is 12.1 Å². The minimum Gasteiger partial charge on any atom is -0.493 e. The summed E-state index contributed by atoms with van der Waals surface area (Å²) in [7, 11) is 1.77. The first-order valence-corrected chi connectivity index (χ1v) is 10.5. The maximum atomic E-state index is 12.5. The molecule has 29 heavy (non-hydrogen) atoms. The Hall–Kier alpha value is -2.24. The first-order valence-electron chi connectivity index (χ1n) is 10.5. The molecule has 1 heterocycles. The van der Waals surface area contributed by atoms with Crippen LogP contribution in [0.4, 0.5) is 4.79 Å². The number of likely N-dealkylation sites (tertiary alicyclic amines) is 1. The van der Waals surface area contributed by atoms with Crippen LogP contribution in [-0.4, -0.2) is 60.7 Å². The number of carbonyl (C=O) groups is 2. The van der Waals surface area contributed by atoms with Crippen LogP contribution in [0.3, 0.4) is 0 Å². The topological polar surface area (TPSA) is 59.1 Å². The van der Waals surface area contributed by atoms with Gasteiger partial charge in [0.1, 0.15) is 11.4 Å². The molecule has 0 saturated carbocycles. The van der Waals surface area contributed by atoms with Crippen molar-refractivity contribution >= 4 is 12.0 Å². The molecule has 2 amide bonds. The molecule has 6 heteroatoms. The Labute approximate surface area is 175 Å². The highest BCUT2D eigenvalue weighted by atomic mass is 16.6. The van der Waals surface area contributed by atoms with Crippen LogP contribution in [0.15, 0.2) is 18.2 Å². The molecule has 0 unspecified atom stereocenters. The van der Waals surface area contributed by atoms with Gasteiger partial charge < -0.3 is 19.3 Å². The fraction of sp³-hybridized carbons (Fsp3) is 0.652. The van der Waals surface area contributed by atoms with Crippen molar-refractivity contribution in [1.82, 2.24) is 9.80 Å².